The fourth-order valence-electron chi connectivity index (χ4n) is 3.92. The van der Waals surface area contributed by atoms with E-state index in [1.807, 2.05) is 6.92 Å². The number of piperidine rings is 1. The van der Waals surface area contributed by atoms with Gasteiger partial charge in [-0.15, -0.1) is 11.3 Å². The van der Waals surface area contributed by atoms with E-state index in [2.05, 4.69) is 25.1 Å². The molecule has 28 heavy (non-hydrogen) atoms. The molecule has 2 fully saturated rings. The third-order valence-corrected chi connectivity index (χ3v) is 6.22. The van der Waals surface area contributed by atoms with E-state index in [9.17, 15) is 13.2 Å². The van der Waals surface area contributed by atoms with Gasteiger partial charge in [0.05, 0.1) is 5.01 Å². The maximum atomic E-state index is 12.7. The van der Waals surface area contributed by atoms with Crippen LogP contribution in [0.2, 0.25) is 0 Å². The second-order valence-corrected chi connectivity index (χ2v) is 8.51. The molecule has 0 bridgehead atoms. The first-order valence-corrected chi connectivity index (χ1v) is 11.1. The number of aliphatic imine (C=N–C) groups is 1. The van der Waals surface area contributed by atoms with Crippen molar-refractivity contribution in [2.24, 2.45) is 10.9 Å². The molecule has 2 aliphatic rings. The van der Waals surface area contributed by atoms with Crippen LogP contribution < -0.4 is 5.32 Å². The Morgan fingerprint density at radius 1 is 1.29 bits per heavy atom. The first-order valence-electron chi connectivity index (χ1n) is 10.2. The number of hydrogen-bond donors (Lipinski definition) is 1. The fraction of sp³-hybridized carbons (Fsp3) is 0.789. The van der Waals surface area contributed by atoms with Gasteiger partial charge in [-0.25, -0.2) is 4.98 Å². The van der Waals surface area contributed by atoms with Gasteiger partial charge in [-0.2, -0.15) is 13.2 Å². The average molecular weight is 418 g/mol. The van der Waals surface area contributed by atoms with E-state index >= 15 is 0 Å². The molecule has 1 aromatic rings. The topological polar surface area (TPSA) is 43.8 Å². The van der Waals surface area contributed by atoms with Crippen molar-refractivity contribution >= 4 is 17.3 Å². The Bertz CT molecular complexity index is 640. The minimum atomic E-state index is -4.37. The average Bonchev–Trinajstić information content (AvgIpc) is 3.31. The molecule has 2 aliphatic heterocycles. The number of rotatable bonds is 6. The molecule has 1 atom stereocenters. The maximum absolute atomic E-state index is 12.7. The normalized spacial score (nSPS) is 22.1. The van der Waals surface area contributed by atoms with E-state index in [0.717, 1.165) is 48.9 Å². The summed E-state index contributed by atoms with van der Waals surface area (Å²) in [6.07, 6.45) is 1.21. The van der Waals surface area contributed by atoms with E-state index in [1.54, 1.807) is 0 Å². The molecular weight excluding hydrogens is 387 g/mol. The maximum Gasteiger partial charge on any atom is 0.434 e. The van der Waals surface area contributed by atoms with Crippen LogP contribution in [0.15, 0.2) is 10.4 Å². The van der Waals surface area contributed by atoms with Crippen LogP contribution in [0.5, 0.6) is 0 Å². The van der Waals surface area contributed by atoms with Crippen molar-refractivity contribution in [2.75, 3.05) is 45.8 Å². The molecule has 1 aromatic heterocycles. The van der Waals surface area contributed by atoms with Crippen molar-refractivity contribution < 1.29 is 13.2 Å². The quantitative estimate of drug-likeness (QED) is 0.569. The molecule has 158 valence electrons. The van der Waals surface area contributed by atoms with E-state index in [4.69, 9.17) is 0 Å². The predicted octanol–water partition coefficient (Wildman–Crippen LogP) is 3.48. The van der Waals surface area contributed by atoms with Crippen LogP contribution in [0.3, 0.4) is 0 Å². The summed E-state index contributed by atoms with van der Waals surface area (Å²) in [5.41, 5.74) is -0.802. The van der Waals surface area contributed by atoms with Crippen LogP contribution in [-0.2, 0) is 12.6 Å². The highest BCUT2D eigenvalue weighted by Crippen LogP contribution is 2.30. The van der Waals surface area contributed by atoms with Gasteiger partial charge in [-0.05, 0) is 45.2 Å². The van der Waals surface area contributed by atoms with Crippen molar-refractivity contribution in [1.82, 2.24) is 20.1 Å². The lowest BCUT2D eigenvalue weighted by atomic mass is 10.1. The number of halogens is 3. The molecule has 5 nitrogen and oxygen atoms in total. The third-order valence-electron chi connectivity index (χ3n) is 5.31. The molecule has 9 heteroatoms. The Morgan fingerprint density at radius 2 is 2.07 bits per heavy atom. The highest BCUT2D eigenvalue weighted by molar-refractivity contribution is 7.09. The van der Waals surface area contributed by atoms with Crippen molar-refractivity contribution in [3.8, 4) is 0 Å². The minimum absolute atomic E-state index is 0.431. The van der Waals surface area contributed by atoms with Gasteiger partial charge in [0.25, 0.3) is 0 Å². The number of aromatic nitrogens is 1. The Labute approximate surface area is 169 Å². The summed E-state index contributed by atoms with van der Waals surface area (Å²) >= 11 is 1.05. The van der Waals surface area contributed by atoms with Gasteiger partial charge in [-0.3, -0.25) is 4.99 Å². The van der Waals surface area contributed by atoms with E-state index in [-0.39, 0.29) is 0 Å². The van der Waals surface area contributed by atoms with E-state index in [0.29, 0.717) is 23.9 Å². The number of guanidine groups is 1. The van der Waals surface area contributed by atoms with Gasteiger partial charge in [0, 0.05) is 44.5 Å². The third kappa shape index (κ3) is 6.07. The zero-order chi connectivity index (χ0) is 20.0. The van der Waals surface area contributed by atoms with Crippen LogP contribution in [-0.4, -0.2) is 66.6 Å². The molecule has 1 unspecified atom stereocenters. The molecule has 0 saturated carbocycles. The lowest BCUT2D eigenvalue weighted by molar-refractivity contribution is -0.140. The Hall–Kier alpha value is -1.35. The van der Waals surface area contributed by atoms with Crippen LogP contribution in [0.4, 0.5) is 13.2 Å². The van der Waals surface area contributed by atoms with Gasteiger partial charge in [0.15, 0.2) is 11.7 Å². The summed E-state index contributed by atoms with van der Waals surface area (Å²) in [5.74, 6) is 1.53. The van der Waals surface area contributed by atoms with Crippen LogP contribution in [0.25, 0.3) is 0 Å². The van der Waals surface area contributed by atoms with Gasteiger partial charge in [0.2, 0.25) is 0 Å². The number of nitrogens with zero attached hydrogens (tertiary/aromatic N) is 4. The van der Waals surface area contributed by atoms with Gasteiger partial charge < -0.3 is 15.1 Å². The second-order valence-electron chi connectivity index (χ2n) is 7.57. The van der Waals surface area contributed by atoms with Crippen molar-refractivity contribution in [1.29, 1.82) is 0 Å². The monoisotopic (exact) mass is 417 g/mol. The molecule has 0 aliphatic carbocycles. The summed E-state index contributed by atoms with van der Waals surface area (Å²) < 4.78 is 38.0. The predicted molar refractivity (Wildman–Crippen MR) is 107 cm³/mol. The fourth-order valence-corrected chi connectivity index (χ4v) is 4.71. The lowest BCUT2D eigenvalue weighted by Crippen LogP contribution is -2.41. The lowest BCUT2D eigenvalue weighted by Gasteiger charge is -2.29. The Morgan fingerprint density at radius 3 is 2.75 bits per heavy atom. The van der Waals surface area contributed by atoms with Crippen LogP contribution in [0, 0.1) is 5.92 Å². The first-order chi connectivity index (χ1) is 13.5. The van der Waals surface area contributed by atoms with E-state index < -0.39 is 11.9 Å². The molecule has 3 rings (SSSR count). The SMILES string of the molecule is CCNC(=NCCc1nc(C(F)(F)F)cs1)N1CCC(CN2CCCCC2)C1. The summed E-state index contributed by atoms with van der Waals surface area (Å²) in [6.45, 7) is 8.85. The molecule has 0 spiro atoms. The van der Waals surface area contributed by atoms with Crippen LogP contribution >= 0.6 is 11.3 Å². The van der Waals surface area contributed by atoms with E-state index in [1.165, 1.54) is 38.8 Å². The summed E-state index contributed by atoms with van der Waals surface area (Å²) in [5, 5.41) is 4.89. The Kier molecular flexibility index (Phi) is 7.56. The van der Waals surface area contributed by atoms with Crippen LogP contribution in [0.1, 0.15) is 43.3 Å². The first kappa shape index (κ1) is 21.4. The summed E-state index contributed by atoms with van der Waals surface area (Å²) in [4.78, 5) is 13.2. The number of nitrogens with one attached hydrogen (secondary N) is 1. The van der Waals surface area contributed by atoms with Gasteiger partial charge in [-0.1, -0.05) is 6.42 Å². The largest absolute Gasteiger partial charge is 0.434 e. The number of alkyl halides is 3. The minimum Gasteiger partial charge on any atom is -0.357 e. The zero-order valence-electron chi connectivity index (χ0n) is 16.5. The number of thiazole rings is 1. The second kappa shape index (κ2) is 9.91. The standard InChI is InChI=1S/C19H30F3N5S/c1-2-23-18(24-8-6-17-25-16(14-28-17)19(20,21)22)27-11-7-15(13-27)12-26-9-4-3-5-10-26/h14-15H,2-13H2,1H3,(H,23,24). The molecule has 0 amide bonds. The highest BCUT2D eigenvalue weighted by Gasteiger charge is 2.33. The van der Waals surface area contributed by atoms with Gasteiger partial charge in [0.1, 0.15) is 0 Å². The van der Waals surface area contributed by atoms with Crippen molar-refractivity contribution in [2.45, 2.75) is 45.2 Å². The summed E-state index contributed by atoms with van der Waals surface area (Å²) in [6, 6.07) is 0. The highest BCUT2D eigenvalue weighted by atomic mass is 32.1. The smallest absolute Gasteiger partial charge is 0.357 e. The molecule has 3 heterocycles. The number of likely N-dealkylation sites (tertiary alicyclic amines) is 2. The molecular formula is C19H30F3N5S. The zero-order valence-corrected chi connectivity index (χ0v) is 17.3. The summed E-state index contributed by atoms with van der Waals surface area (Å²) in [7, 11) is 0. The molecule has 1 N–H and O–H groups in total. The Balaban J connectivity index is 1.50. The molecule has 2 saturated heterocycles. The van der Waals surface area contributed by atoms with Crippen molar-refractivity contribution in [3.63, 3.8) is 0 Å². The van der Waals surface area contributed by atoms with Gasteiger partial charge >= 0.3 is 6.18 Å². The van der Waals surface area contributed by atoms with Crippen molar-refractivity contribution in [3.05, 3.63) is 16.1 Å². The molecule has 0 radical (unpaired) electrons. The number of hydrogen-bond acceptors (Lipinski definition) is 4. The molecule has 0 aromatic carbocycles.